The number of hydrogen-bond acceptors (Lipinski definition) is 4. The van der Waals surface area contributed by atoms with Gasteiger partial charge in [0.05, 0.1) is 12.3 Å². The number of anilines is 1. The predicted molar refractivity (Wildman–Crippen MR) is 119 cm³/mol. The van der Waals surface area contributed by atoms with Crippen molar-refractivity contribution < 1.29 is 18.7 Å². The van der Waals surface area contributed by atoms with Gasteiger partial charge in [0, 0.05) is 25.0 Å². The number of amides is 3. The molecule has 2 N–H and O–H groups in total. The van der Waals surface area contributed by atoms with Gasteiger partial charge in [0.25, 0.3) is 5.91 Å². The van der Waals surface area contributed by atoms with Crippen LogP contribution in [0.1, 0.15) is 30.3 Å². The monoisotopic (exact) mass is 421 g/mol. The molecule has 0 saturated carbocycles. The van der Waals surface area contributed by atoms with E-state index in [-0.39, 0.29) is 11.9 Å². The molecule has 0 radical (unpaired) electrons. The first-order valence-electron chi connectivity index (χ1n) is 10.7. The van der Waals surface area contributed by atoms with Crippen molar-refractivity contribution in [3.8, 4) is 5.75 Å². The van der Waals surface area contributed by atoms with Gasteiger partial charge in [-0.3, -0.25) is 4.79 Å². The molecule has 3 aromatic rings. The van der Waals surface area contributed by atoms with E-state index in [0.717, 1.165) is 23.8 Å². The zero-order chi connectivity index (χ0) is 21.6. The molecule has 1 aliphatic heterocycles. The van der Waals surface area contributed by atoms with Gasteiger partial charge in [0.2, 0.25) is 0 Å². The van der Waals surface area contributed by atoms with Gasteiger partial charge in [0.1, 0.15) is 11.3 Å². The standard InChI is InChI=1S/C24H27N3O4/c1-2-30-21-10-6-4-8-19(21)26-24(29)25-16-17-11-13-27(14-12-17)23(28)22-15-18-7-3-5-9-20(18)31-22/h3-10,15,17H,2,11-14,16H2,1H3,(H2,25,26,29). The molecule has 0 unspecified atom stereocenters. The largest absolute Gasteiger partial charge is 0.492 e. The number of nitrogens with one attached hydrogen (secondary N) is 2. The lowest BCUT2D eigenvalue weighted by Crippen LogP contribution is -2.42. The molecule has 31 heavy (non-hydrogen) atoms. The Kier molecular flexibility index (Phi) is 6.40. The summed E-state index contributed by atoms with van der Waals surface area (Å²) >= 11 is 0. The van der Waals surface area contributed by atoms with E-state index in [0.29, 0.717) is 49.4 Å². The number of para-hydroxylation sites is 3. The number of furan rings is 1. The van der Waals surface area contributed by atoms with Crippen molar-refractivity contribution in [2.24, 2.45) is 5.92 Å². The van der Waals surface area contributed by atoms with Gasteiger partial charge in [0.15, 0.2) is 5.76 Å². The zero-order valence-corrected chi connectivity index (χ0v) is 17.6. The molecular weight excluding hydrogens is 394 g/mol. The molecule has 3 amide bonds. The van der Waals surface area contributed by atoms with Crippen molar-refractivity contribution in [1.29, 1.82) is 0 Å². The molecule has 162 valence electrons. The van der Waals surface area contributed by atoms with Crippen molar-refractivity contribution in [3.63, 3.8) is 0 Å². The van der Waals surface area contributed by atoms with Gasteiger partial charge in [-0.25, -0.2) is 4.79 Å². The van der Waals surface area contributed by atoms with E-state index in [9.17, 15) is 9.59 Å². The lowest BCUT2D eigenvalue weighted by Gasteiger charge is -2.31. The number of piperidine rings is 1. The number of urea groups is 1. The number of carbonyl (C=O) groups excluding carboxylic acids is 2. The highest BCUT2D eigenvalue weighted by atomic mass is 16.5. The van der Waals surface area contributed by atoms with E-state index in [2.05, 4.69) is 10.6 Å². The Morgan fingerprint density at radius 1 is 1.10 bits per heavy atom. The van der Waals surface area contributed by atoms with Crippen LogP contribution in [0.3, 0.4) is 0 Å². The van der Waals surface area contributed by atoms with Gasteiger partial charge in [-0.05, 0) is 49.9 Å². The van der Waals surface area contributed by atoms with Gasteiger partial charge < -0.3 is 24.7 Å². The summed E-state index contributed by atoms with van der Waals surface area (Å²) in [6.07, 6.45) is 1.67. The summed E-state index contributed by atoms with van der Waals surface area (Å²) in [6, 6.07) is 16.5. The molecule has 7 nitrogen and oxygen atoms in total. The predicted octanol–water partition coefficient (Wildman–Crippen LogP) is 4.51. The maximum absolute atomic E-state index is 12.8. The maximum Gasteiger partial charge on any atom is 0.319 e. The number of nitrogens with zero attached hydrogens (tertiary/aromatic N) is 1. The number of fused-ring (bicyclic) bond motifs is 1. The third-order valence-electron chi connectivity index (χ3n) is 5.52. The summed E-state index contributed by atoms with van der Waals surface area (Å²) in [5.41, 5.74) is 1.37. The van der Waals surface area contributed by atoms with Crippen molar-refractivity contribution in [3.05, 3.63) is 60.4 Å². The molecule has 2 heterocycles. The molecule has 1 saturated heterocycles. The van der Waals surface area contributed by atoms with E-state index >= 15 is 0 Å². The van der Waals surface area contributed by atoms with E-state index < -0.39 is 0 Å². The van der Waals surface area contributed by atoms with Gasteiger partial charge >= 0.3 is 6.03 Å². The zero-order valence-electron chi connectivity index (χ0n) is 17.6. The number of rotatable bonds is 6. The molecule has 7 heteroatoms. The topological polar surface area (TPSA) is 83.8 Å². The van der Waals surface area contributed by atoms with Crippen molar-refractivity contribution in [1.82, 2.24) is 10.2 Å². The summed E-state index contributed by atoms with van der Waals surface area (Å²) in [6.45, 7) is 4.30. The van der Waals surface area contributed by atoms with Crippen LogP contribution in [0.2, 0.25) is 0 Å². The van der Waals surface area contributed by atoms with E-state index in [4.69, 9.17) is 9.15 Å². The Labute approximate surface area is 181 Å². The molecule has 1 fully saturated rings. The lowest BCUT2D eigenvalue weighted by molar-refractivity contribution is 0.0661. The highest BCUT2D eigenvalue weighted by Gasteiger charge is 2.26. The van der Waals surface area contributed by atoms with Crippen LogP contribution in [-0.4, -0.2) is 43.1 Å². The number of likely N-dealkylation sites (tertiary alicyclic amines) is 1. The summed E-state index contributed by atoms with van der Waals surface area (Å²) in [7, 11) is 0. The fourth-order valence-corrected chi connectivity index (χ4v) is 3.84. The Balaban J connectivity index is 1.25. The van der Waals surface area contributed by atoms with Crippen LogP contribution < -0.4 is 15.4 Å². The molecule has 1 aromatic heterocycles. The van der Waals surface area contributed by atoms with Crippen molar-refractivity contribution in [2.75, 3.05) is 31.6 Å². The second-order valence-corrected chi connectivity index (χ2v) is 7.65. The minimum absolute atomic E-state index is 0.0760. The SMILES string of the molecule is CCOc1ccccc1NC(=O)NCC1CCN(C(=O)c2cc3ccccc3o2)CC1. The van der Waals surface area contributed by atoms with Crippen LogP contribution in [0.25, 0.3) is 11.0 Å². The molecular formula is C24H27N3O4. The summed E-state index contributed by atoms with van der Waals surface area (Å²) in [5, 5.41) is 6.71. The van der Waals surface area contributed by atoms with Gasteiger partial charge in [-0.1, -0.05) is 30.3 Å². The number of benzene rings is 2. The van der Waals surface area contributed by atoms with E-state index in [1.165, 1.54) is 0 Å². The highest BCUT2D eigenvalue weighted by Crippen LogP contribution is 2.24. The molecule has 1 aliphatic rings. The molecule has 0 bridgehead atoms. The minimum atomic E-state index is -0.257. The average Bonchev–Trinajstić information content (AvgIpc) is 3.23. The second kappa shape index (κ2) is 9.55. The van der Waals surface area contributed by atoms with Crippen LogP contribution in [0.4, 0.5) is 10.5 Å². The quantitative estimate of drug-likeness (QED) is 0.614. The van der Waals surface area contributed by atoms with Crippen LogP contribution in [-0.2, 0) is 0 Å². The highest BCUT2D eigenvalue weighted by molar-refractivity contribution is 5.96. The molecule has 0 spiro atoms. The summed E-state index contributed by atoms with van der Waals surface area (Å²) < 4.78 is 11.2. The first-order valence-corrected chi connectivity index (χ1v) is 10.7. The first-order chi connectivity index (χ1) is 15.1. The third kappa shape index (κ3) is 4.99. The fraction of sp³-hybridized carbons (Fsp3) is 0.333. The number of hydrogen-bond donors (Lipinski definition) is 2. The van der Waals surface area contributed by atoms with E-state index in [1.807, 2.05) is 60.4 Å². The normalized spacial score (nSPS) is 14.4. The summed E-state index contributed by atoms with van der Waals surface area (Å²) in [4.78, 5) is 26.9. The smallest absolute Gasteiger partial charge is 0.319 e. The fourth-order valence-electron chi connectivity index (χ4n) is 3.84. The molecule has 2 aromatic carbocycles. The third-order valence-corrected chi connectivity index (χ3v) is 5.52. The van der Waals surface area contributed by atoms with Crippen LogP contribution in [0.15, 0.2) is 59.0 Å². The van der Waals surface area contributed by atoms with Crippen molar-refractivity contribution in [2.45, 2.75) is 19.8 Å². The van der Waals surface area contributed by atoms with Crippen LogP contribution in [0.5, 0.6) is 5.75 Å². The Morgan fingerprint density at radius 2 is 1.84 bits per heavy atom. The van der Waals surface area contributed by atoms with Gasteiger partial charge in [-0.15, -0.1) is 0 Å². The molecule has 0 aliphatic carbocycles. The van der Waals surface area contributed by atoms with Crippen LogP contribution in [0, 0.1) is 5.92 Å². The average molecular weight is 421 g/mol. The van der Waals surface area contributed by atoms with Crippen molar-refractivity contribution >= 4 is 28.6 Å². The summed E-state index contributed by atoms with van der Waals surface area (Å²) in [5.74, 6) is 1.28. The second-order valence-electron chi connectivity index (χ2n) is 7.65. The minimum Gasteiger partial charge on any atom is -0.492 e. The maximum atomic E-state index is 12.8. The molecule has 0 atom stereocenters. The lowest BCUT2D eigenvalue weighted by atomic mass is 9.96. The number of ether oxygens (including phenoxy) is 1. The van der Waals surface area contributed by atoms with Crippen LogP contribution >= 0.6 is 0 Å². The van der Waals surface area contributed by atoms with E-state index in [1.54, 1.807) is 6.07 Å². The Hall–Kier alpha value is -3.48. The first kappa shape index (κ1) is 20.8. The Bertz CT molecular complexity index is 1020. The molecule has 4 rings (SSSR count). The Morgan fingerprint density at radius 3 is 2.61 bits per heavy atom. The van der Waals surface area contributed by atoms with Gasteiger partial charge in [-0.2, -0.15) is 0 Å². The number of carbonyl (C=O) groups is 2.